The van der Waals surface area contributed by atoms with Gasteiger partial charge < -0.3 is 19.4 Å². The number of hydrogen-bond acceptors (Lipinski definition) is 4. The van der Waals surface area contributed by atoms with E-state index in [1.54, 1.807) is 0 Å². The van der Waals surface area contributed by atoms with E-state index in [0.717, 1.165) is 39.0 Å². The van der Waals surface area contributed by atoms with Gasteiger partial charge in [-0.1, -0.05) is 0 Å². The molecule has 0 radical (unpaired) electrons. The molecular formula is C16H28N4O3. The van der Waals surface area contributed by atoms with Crippen LogP contribution < -0.4 is 0 Å². The maximum absolute atomic E-state index is 12.8. The van der Waals surface area contributed by atoms with Crippen molar-refractivity contribution in [1.82, 2.24) is 19.6 Å². The summed E-state index contributed by atoms with van der Waals surface area (Å²) in [7, 11) is 4.01. The summed E-state index contributed by atoms with van der Waals surface area (Å²) in [6, 6.07) is 0.129. The molecule has 3 aliphatic rings. The van der Waals surface area contributed by atoms with Crippen molar-refractivity contribution in [3.63, 3.8) is 0 Å². The van der Waals surface area contributed by atoms with Crippen molar-refractivity contribution in [3.05, 3.63) is 0 Å². The lowest BCUT2D eigenvalue weighted by molar-refractivity contribution is -0.129. The van der Waals surface area contributed by atoms with Crippen molar-refractivity contribution in [3.8, 4) is 0 Å². The standard InChI is InChI=1S/C16H28N4O3/c1-17-6-5-16(4-3-14(17)21)13-20(8-7-18(16)2)15(22)19-9-11-23-12-10-19/h3-13H2,1-2H3/t16-/m0/s1. The minimum absolute atomic E-state index is 0.0688. The normalized spacial score (nSPS) is 30.7. The summed E-state index contributed by atoms with van der Waals surface area (Å²) >= 11 is 0. The quantitative estimate of drug-likeness (QED) is 0.633. The summed E-state index contributed by atoms with van der Waals surface area (Å²) in [6.07, 6.45) is 2.33. The first kappa shape index (κ1) is 16.5. The third-order valence-corrected chi connectivity index (χ3v) is 5.69. The lowest BCUT2D eigenvalue weighted by atomic mass is 9.86. The van der Waals surface area contributed by atoms with Crippen LogP contribution in [0, 0.1) is 0 Å². The van der Waals surface area contributed by atoms with Crippen LogP contribution >= 0.6 is 0 Å². The zero-order valence-corrected chi connectivity index (χ0v) is 14.3. The topological polar surface area (TPSA) is 56.3 Å². The molecule has 0 saturated carbocycles. The summed E-state index contributed by atoms with van der Waals surface area (Å²) in [6.45, 7) is 5.74. The molecule has 3 aliphatic heterocycles. The van der Waals surface area contributed by atoms with E-state index in [2.05, 4.69) is 11.9 Å². The van der Waals surface area contributed by atoms with Crippen LogP contribution in [0.15, 0.2) is 0 Å². The molecule has 7 heteroatoms. The number of nitrogens with zero attached hydrogens (tertiary/aromatic N) is 4. The molecule has 3 amide bonds. The summed E-state index contributed by atoms with van der Waals surface area (Å²) < 4.78 is 5.34. The third kappa shape index (κ3) is 3.30. The molecule has 1 spiro atoms. The Labute approximate surface area is 138 Å². The van der Waals surface area contributed by atoms with E-state index < -0.39 is 0 Å². The molecule has 0 N–H and O–H groups in total. The molecule has 23 heavy (non-hydrogen) atoms. The monoisotopic (exact) mass is 324 g/mol. The number of urea groups is 1. The van der Waals surface area contributed by atoms with Crippen LogP contribution in [0.1, 0.15) is 19.3 Å². The van der Waals surface area contributed by atoms with E-state index in [1.807, 2.05) is 21.7 Å². The Hall–Kier alpha value is -1.34. The fraction of sp³-hybridized carbons (Fsp3) is 0.875. The molecule has 0 bridgehead atoms. The van der Waals surface area contributed by atoms with Crippen LogP contribution in [0.4, 0.5) is 4.79 Å². The van der Waals surface area contributed by atoms with Crippen LogP contribution in [0.25, 0.3) is 0 Å². The first-order valence-electron chi connectivity index (χ1n) is 8.59. The molecule has 0 aromatic heterocycles. The zero-order chi connectivity index (χ0) is 16.4. The second-order valence-electron chi connectivity index (χ2n) is 7.01. The fourth-order valence-corrected chi connectivity index (χ4v) is 3.88. The maximum atomic E-state index is 12.8. The highest BCUT2D eigenvalue weighted by Gasteiger charge is 2.43. The first-order valence-corrected chi connectivity index (χ1v) is 8.59. The van der Waals surface area contributed by atoms with E-state index in [4.69, 9.17) is 4.74 Å². The zero-order valence-electron chi connectivity index (χ0n) is 14.3. The van der Waals surface area contributed by atoms with E-state index in [9.17, 15) is 9.59 Å². The summed E-state index contributed by atoms with van der Waals surface area (Å²) in [5.74, 6) is 0.215. The van der Waals surface area contributed by atoms with Crippen LogP contribution in [-0.2, 0) is 9.53 Å². The van der Waals surface area contributed by atoms with Gasteiger partial charge in [0.15, 0.2) is 0 Å². The Bertz CT molecular complexity index is 466. The summed E-state index contributed by atoms with van der Waals surface area (Å²) in [5.41, 5.74) is -0.0688. The van der Waals surface area contributed by atoms with Gasteiger partial charge in [0.05, 0.1) is 13.2 Å². The number of morpholine rings is 1. The number of rotatable bonds is 0. The number of likely N-dealkylation sites (N-methyl/N-ethyl adjacent to an activating group) is 1. The second kappa shape index (κ2) is 6.65. The molecule has 0 unspecified atom stereocenters. The lowest BCUT2D eigenvalue weighted by Crippen LogP contribution is -2.64. The van der Waals surface area contributed by atoms with E-state index >= 15 is 0 Å². The Morgan fingerprint density at radius 2 is 1.74 bits per heavy atom. The SMILES string of the molecule is CN1CC[C@@]2(CCC1=O)CN(C(=O)N1CCOCC1)CCN2C. The second-order valence-corrected chi connectivity index (χ2v) is 7.01. The highest BCUT2D eigenvalue weighted by atomic mass is 16.5. The van der Waals surface area contributed by atoms with Gasteiger partial charge in [0.25, 0.3) is 0 Å². The molecule has 1 atom stereocenters. The largest absolute Gasteiger partial charge is 0.378 e. The van der Waals surface area contributed by atoms with E-state index in [1.165, 1.54) is 0 Å². The number of likely N-dealkylation sites (tertiary alicyclic amines) is 1. The van der Waals surface area contributed by atoms with Crippen molar-refractivity contribution in [1.29, 1.82) is 0 Å². The molecule has 3 rings (SSSR count). The Morgan fingerprint density at radius 3 is 2.48 bits per heavy atom. The maximum Gasteiger partial charge on any atom is 0.320 e. The Balaban J connectivity index is 1.71. The molecule has 7 nitrogen and oxygen atoms in total. The molecule has 0 aliphatic carbocycles. The van der Waals surface area contributed by atoms with Gasteiger partial charge in [-0.3, -0.25) is 9.69 Å². The predicted octanol–water partition coefficient (Wildman–Crippen LogP) is 0.0671. The van der Waals surface area contributed by atoms with Gasteiger partial charge in [0.1, 0.15) is 0 Å². The molecule has 0 aromatic rings. The number of piperazine rings is 1. The first-order chi connectivity index (χ1) is 11.0. The third-order valence-electron chi connectivity index (χ3n) is 5.69. The van der Waals surface area contributed by atoms with Crippen LogP contribution in [0.3, 0.4) is 0 Å². The Morgan fingerprint density at radius 1 is 1.00 bits per heavy atom. The summed E-state index contributed by atoms with van der Waals surface area (Å²) in [4.78, 5) is 32.9. The van der Waals surface area contributed by atoms with Gasteiger partial charge in [0.2, 0.25) is 5.91 Å². The molecule has 3 fully saturated rings. The van der Waals surface area contributed by atoms with Crippen LogP contribution in [-0.4, -0.2) is 104 Å². The molecule has 3 heterocycles. The fourth-order valence-electron chi connectivity index (χ4n) is 3.88. The highest BCUT2D eigenvalue weighted by molar-refractivity contribution is 5.77. The van der Waals surface area contributed by atoms with Gasteiger partial charge in [0, 0.05) is 58.3 Å². The molecular weight excluding hydrogens is 296 g/mol. The Kier molecular flexibility index (Phi) is 4.77. The number of carbonyl (C=O) groups excluding carboxylic acids is 2. The van der Waals surface area contributed by atoms with Crippen molar-refractivity contribution < 1.29 is 14.3 Å². The van der Waals surface area contributed by atoms with Crippen LogP contribution in [0.2, 0.25) is 0 Å². The summed E-state index contributed by atoms with van der Waals surface area (Å²) in [5, 5.41) is 0. The van der Waals surface area contributed by atoms with Gasteiger partial charge in [-0.15, -0.1) is 0 Å². The average Bonchev–Trinajstić information content (AvgIpc) is 2.72. The lowest BCUT2D eigenvalue weighted by Gasteiger charge is -2.50. The van der Waals surface area contributed by atoms with Crippen LogP contribution in [0.5, 0.6) is 0 Å². The number of hydrogen-bond donors (Lipinski definition) is 0. The smallest absolute Gasteiger partial charge is 0.320 e. The highest BCUT2D eigenvalue weighted by Crippen LogP contribution is 2.32. The van der Waals surface area contributed by atoms with Gasteiger partial charge in [-0.25, -0.2) is 4.79 Å². The number of carbonyl (C=O) groups is 2. The van der Waals surface area contributed by atoms with E-state index in [-0.39, 0.29) is 17.5 Å². The van der Waals surface area contributed by atoms with Gasteiger partial charge in [-0.2, -0.15) is 0 Å². The molecule has 130 valence electrons. The molecule has 0 aromatic carbocycles. The van der Waals surface area contributed by atoms with Crippen molar-refractivity contribution >= 4 is 11.9 Å². The molecule has 3 saturated heterocycles. The minimum atomic E-state index is -0.0688. The van der Waals surface area contributed by atoms with Crippen molar-refractivity contribution in [2.24, 2.45) is 0 Å². The van der Waals surface area contributed by atoms with Crippen molar-refractivity contribution in [2.45, 2.75) is 24.8 Å². The number of amides is 3. The van der Waals surface area contributed by atoms with E-state index in [0.29, 0.717) is 32.7 Å². The predicted molar refractivity (Wildman–Crippen MR) is 86.2 cm³/mol. The van der Waals surface area contributed by atoms with Gasteiger partial charge in [-0.05, 0) is 19.9 Å². The average molecular weight is 324 g/mol. The van der Waals surface area contributed by atoms with Gasteiger partial charge >= 0.3 is 6.03 Å². The number of ether oxygens (including phenoxy) is 1. The van der Waals surface area contributed by atoms with Crippen molar-refractivity contribution in [2.75, 3.05) is 66.6 Å². The minimum Gasteiger partial charge on any atom is -0.378 e.